The smallest absolute Gasteiger partial charge is 0.292 e. The summed E-state index contributed by atoms with van der Waals surface area (Å²) < 4.78 is 12.8. The fourth-order valence-electron chi connectivity index (χ4n) is 14.8. The van der Waals surface area contributed by atoms with Crippen molar-refractivity contribution < 1.29 is 96.3 Å². The number of hydrogen-bond acceptors (Lipinski definition) is 26. The summed E-state index contributed by atoms with van der Waals surface area (Å²) in [7, 11) is 17.9. The number of H-pyrrole nitrogens is 1. The van der Waals surface area contributed by atoms with Gasteiger partial charge in [0.05, 0.1) is 28.4 Å². The lowest BCUT2D eigenvalue weighted by molar-refractivity contribution is -0.129. The van der Waals surface area contributed by atoms with E-state index in [-0.39, 0.29) is 224 Å². The second-order valence-corrected chi connectivity index (χ2v) is 34.5. The van der Waals surface area contributed by atoms with Crippen LogP contribution in [0.25, 0.3) is 0 Å². The molecule has 0 atom stereocenters. The number of rotatable bonds is 52. The topological polar surface area (TPSA) is 701 Å². The number of carbonyl (C=O) groups is 19. The molecule has 21 N–H and O–H groups in total. The van der Waals surface area contributed by atoms with Crippen LogP contribution in [0.15, 0.2) is 117 Å². The molecular weight excluding hydrogens is 1930 g/mol. The Bertz CT molecular complexity index is 6800. The van der Waals surface area contributed by atoms with E-state index in [9.17, 15) is 91.1 Å². The molecule has 0 aliphatic rings. The number of unbranched alkanes of at least 4 members (excludes halogenated alkanes) is 3. The van der Waals surface area contributed by atoms with Crippen molar-refractivity contribution in [1.82, 2.24) is 119 Å². The third-order valence-corrected chi connectivity index (χ3v) is 22.2. The average Bonchev–Trinajstić information content (AvgIpc) is 1.68. The highest BCUT2D eigenvalue weighted by atomic mass is 16.5. The van der Waals surface area contributed by atoms with E-state index in [1.54, 1.807) is 52.9 Å². The Hall–Kier alpha value is -18.5. The van der Waals surface area contributed by atoms with Gasteiger partial charge in [0, 0.05) is 234 Å². The first-order chi connectivity index (χ1) is 70.6. The van der Waals surface area contributed by atoms with Crippen LogP contribution in [0.2, 0.25) is 0 Å². The largest absolute Gasteiger partial charge is 0.356 e. The summed E-state index contributed by atoms with van der Waals surface area (Å²) in [6.07, 6.45) is 17.8. The number of carbonyl (C=O) groups excluding carboxylic acids is 19. The Labute approximate surface area is 844 Å². The number of amides is 19. The number of imidazole rings is 5. The van der Waals surface area contributed by atoms with Crippen molar-refractivity contribution in [3.63, 3.8) is 0 Å². The van der Waals surface area contributed by atoms with Gasteiger partial charge < -0.3 is 147 Å². The maximum atomic E-state index is 13.6. The Morgan fingerprint density at radius 1 is 0.264 bits per heavy atom. The molecule has 1 aromatic carbocycles. The van der Waals surface area contributed by atoms with Crippen molar-refractivity contribution in [3.8, 4) is 0 Å². The van der Waals surface area contributed by atoms with Crippen LogP contribution in [-0.2, 0) is 102 Å². The molecule has 11 aromatic rings. The predicted molar refractivity (Wildman–Crippen MR) is 537 cm³/mol. The normalized spacial score (nSPS) is 10.9. The number of nitrogens with one attached hydrogen (secondary N) is 20. The Morgan fingerprint density at radius 2 is 0.561 bits per heavy atom. The van der Waals surface area contributed by atoms with Crippen molar-refractivity contribution >= 4 is 175 Å². The van der Waals surface area contributed by atoms with Gasteiger partial charge in [0.1, 0.15) is 28.5 Å². The molecule has 11 rings (SSSR count). The van der Waals surface area contributed by atoms with E-state index in [2.05, 4.69) is 126 Å². The van der Waals surface area contributed by atoms with E-state index in [0.29, 0.717) is 30.6 Å². The highest BCUT2D eigenvalue weighted by molar-refractivity contribution is 6.10. The van der Waals surface area contributed by atoms with Gasteiger partial charge in [0.2, 0.25) is 70.6 Å². The van der Waals surface area contributed by atoms with E-state index in [4.69, 9.17) is 5.21 Å². The number of benzene rings is 1. The second kappa shape index (κ2) is 52.0. The second-order valence-electron chi connectivity index (χ2n) is 34.5. The minimum atomic E-state index is -0.725. The summed E-state index contributed by atoms with van der Waals surface area (Å²) >= 11 is 0. The van der Waals surface area contributed by atoms with Crippen LogP contribution in [0.3, 0.4) is 0 Å². The van der Waals surface area contributed by atoms with Crippen molar-refractivity contribution in [2.75, 3.05) is 125 Å². The molecule has 19 amide bonds. The van der Waals surface area contributed by atoms with Crippen LogP contribution in [0.4, 0.5) is 63.2 Å². The highest BCUT2D eigenvalue weighted by Crippen LogP contribution is 2.25. The first-order valence-corrected chi connectivity index (χ1v) is 46.6. The monoisotopic (exact) mass is 2040 g/mol. The van der Waals surface area contributed by atoms with E-state index < -0.39 is 100 Å². The molecule has 10 heterocycles. The molecule has 10 aromatic heterocycles. The van der Waals surface area contributed by atoms with E-state index in [1.165, 1.54) is 174 Å². The molecule has 0 unspecified atom stereocenters. The Kier molecular flexibility index (Phi) is 38.6. The number of hydroxylamine groups is 1. The molecule has 0 radical (unpaired) electrons. The van der Waals surface area contributed by atoms with Crippen molar-refractivity contribution in [1.29, 1.82) is 0 Å². The zero-order valence-electron chi connectivity index (χ0n) is 82.9. The molecule has 0 fully saturated rings. The minimum Gasteiger partial charge on any atom is -0.356 e. The molecule has 784 valence electrons. The lowest BCUT2D eigenvalue weighted by Gasteiger charge is -2.10. The van der Waals surface area contributed by atoms with Crippen molar-refractivity contribution in [2.45, 2.75) is 89.9 Å². The third-order valence-electron chi connectivity index (χ3n) is 22.2. The van der Waals surface area contributed by atoms with Crippen LogP contribution in [0.5, 0.6) is 0 Å². The van der Waals surface area contributed by atoms with Gasteiger partial charge in [0.25, 0.3) is 65.0 Å². The zero-order valence-corrected chi connectivity index (χ0v) is 82.9. The highest BCUT2D eigenvalue weighted by Gasteiger charge is 2.28. The molecule has 0 saturated heterocycles. The molecule has 0 aliphatic heterocycles. The van der Waals surface area contributed by atoms with Crippen LogP contribution >= 0.6 is 0 Å². The summed E-state index contributed by atoms with van der Waals surface area (Å²) in [5.74, 6) is -10.6. The molecule has 0 aliphatic carbocycles. The molecule has 55 nitrogen and oxygen atoms in total. The van der Waals surface area contributed by atoms with Crippen molar-refractivity contribution in [2.24, 2.45) is 63.4 Å². The third kappa shape index (κ3) is 32.3. The number of aromatic amines is 1. The van der Waals surface area contributed by atoms with Gasteiger partial charge in [-0.3, -0.25) is 96.3 Å². The van der Waals surface area contributed by atoms with Gasteiger partial charge in [-0.1, -0.05) is 12.8 Å². The summed E-state index contributed by atoms with van der Waals surface area (Å²) in [5.41, 5.74) is 4.29. The van der Waals surface area contributed by atoms with Gasteiger partial charge in [-0.15, -0.1) is 0 Å². The van der Waals surface area contributed by atoms with Crippen LogP contribution in [-0.4, -0.2) is 260 Å². The van der Waals surface area contributed by atoms with Gasteiger partial charge in [0.15, 0.2) is 34.9 Å². The fraction of sp³-hybridized carbons (Fsp3) is 0.355. The molecule has 148 heavy (non-hydrogen) atoms. The summed E-state index contributed by atoms with van der Waals surface area (Å²) in [5, 5.41) is 56.5. The standard InChI is InChI=1S/C93H117N35O20/c1-119(2)37-17-31-94-70(129)26-34-98-85(139)62-40-58(47-122(62)5)106-92(146)81-116-69(52-128(81)11)117-93(147)82-115-68(51-127(82)10)111-76(135)29-36-100-87(141)63-41-57(46-123(63)6)105-90(144)79-113-66(49-125(79)8)109-73(132)20-16-30-96-84(138)60-39-56(45-121(60)4)104-89(143)78-101-43-65(112-78)108-74(133)28-35-99-86(140)61-38-55(44-120(61)3)103-88(142)64-42-59(48-124(64)7)107-91(145)80-114-67(50-126(80)9)110-75(134)27-32-95-71(130)25-33-97-83(137)53-21-23-54(24-22-53)102-72(131)18-14-12-13-15-19-77(136)118-148/h21-24,38-52,148H,12-20,25-37H2,1-11H3,(H,94,129)(H,95,130)(H,96,138)(H,97,137)(H,98,139)(H,99,140)(H,100,141)(H,101,112)(H,102,131)(H,103,142)(H,104,143)(H,105,144)(H,106,146)(H,107,145)(H,108,133)(H,109,132)(H,110,134)(H,111,135)(H,117,147)(H,118,136). The van der Waals surface area contributed by atoms with Crippen molar-refractivity contribution in [3.05, 3.63) is 180 Å². The first kappa shape index (κ1) is 110. The Morgan fingerprint density at radius 3 is 0.953 bits per heavy atom. The summed E-state index contributed by atoms with van der Waals surface area (Å²) in [6, 6.07) is 13.3. The Balaban J connectivity index is 0.522. The van der Waals surface area contributed by atoms with Gasteiger partial charge in [-0.25, -0.2) is 30.4 Å². The maximum Gasteiger partial charge on any atom is 0.292 e. The average molecular weight is 2050 g/mol. The molecule has 55 heteroatoms. The number of hydrogen-bond donors (Lipinski definition) is 21. The molecular formula is C93H117N35O20. The lowest BCUT2D eigenvalue weighted by Crippen LogP contribution is -2.32. The van der Waals surface area contributed by atoms with E-state index >= 15 is 0 Å². The first-order valence-electron chi connectivity index (χ1n) is 46.6. The SMILES string of the molecule is CN(C)CCCNC(=O)CCNC(=O)c1cc(NC(=O)c2nc(NC(=O)c3nc(NC(=O)CCNC(=O)c4cc(NC(=O)c5nc(NC(=O)CCCNC(=O)c6cc(NC(=O)c7nc(NC(=O)CCNC(=O)c8cc(NC(=O)c9cc(NC(=O)c%10nc(NC(=O)CCNC(=O)CCNC(=O)c%11ccc(NC(=O)CCCCCCC(=O)NO)cc%11)cn%10C)cn9C)cn8C)c[nH]7)cn6C)cn5C)cn4C)cn3C)cn2C)cn1C. The van der Waals surface area contributed by atoms with Gasteiger partial charge in [-0.05, 0) is 101 Å². The summed E-state index contributed by atoms with van der Waals surface area (Å²) in [6.45, 7) is 1.19. The molecule has 0 spiro atoms. The van der Waals surface area contributed by atoms with Crippen LogP contribution in [0.1, 0.15) is 206 Å². The van der Waals surface area contributed by atoms with E-state index in [1.807, 2.05) is 19.0 Å². The number of anilines is 11. The lowest BCUT2D eigenvalue weighted by atomic mass is 10.1. The van der Waals surface area contributed by atoms with Gasteiger partial charge >= 0.3 is 0 Å². The fourth-order valence-corrected chi connectivity index (χ4v) is 14.8. The van der Waals surface area contributed by atoms with E-state index in [0.717, 1.165) is 25.8 Å². The van der Waals surface area contributed by atoms with Crippen LogP contribution < -0.4 is 101 Å². The number of aryl methyl sites for hydroxylation is 9. The zero-order chi connectivity index (χ0) is 107. The van der Waals surface area contributed by atoms with Crippen LogP contribution in [0, 0.1) is 0 Å². The minimum absolute atomic E-state index is 0.00118. The van der Waals surface area contributed by atoms with Gasteiger partial charge in [-0.2, -0.15) is 0 Å². The maximum absolute atomic E-state index is 13.6. The predicted octanol–water partition coefficient (Wildman–Crippen LogP) is 2.45. The number of aromatic nitrogens is 15. The molecule has 0 saturated carbocycles. The molecule has 0 bridgehead atoms. The quantitative estimate of drug-likeness (QED) is 0.0148. The number of nitrogens with zero attached hydrogens (tertiary/aromatic N) is 15. The summed E-state index contributed by atoms with van der Waals surface area (Å²) in [4.78, 5) is 272.